The van der Waals surface area contributed by atoms with Crippen LogP contribution in [0.15, 0.2) is 24.5 Å². The summed E-state index contributed by atoms with van der Waals surface area (Å²) < 4.78 is 5.27. The van der Waals surface area contributed by atoms with Gasteiger partial charge in [-0.15, -0.1) is 0 Å². The number of hydrogen-bond donors (Lipinski definition) is 2. The molecule has 5 nitrogen and oxygen atoms in total. The quantitative estimate of drug-likeness (QED) is 0.810. The second kappa shape index (κ2) is 8.73. The fraction of sp³-hybridized carbons (Fsp3) is 0.647. The molecule has 22 heavy (non-hydrogen) atoms. The lowest BCUT2D eigenvalue weighted by Gasteiger charge is -2.25. The van der Waals surface area contributed by atoms with E-state index in [4.69, 9.17) is 4.74 Å². The molecule has 124 valence electrons. The highest BCUT2D eigenvalue weighted by Crippen LogP contribution is 2.12. The molecule has 0 saturated carbocycles. The van der Waals surface area contributed by atoms with Crippen LogP contribution in [0.25, 0.3) is 0 Å². The van der Waals surface area contributed by atoms with E-state index in [1.807, 2.05) is 33.0 Å². The van der Waals surface area contributed by atoms with Gasteiger partial charge in [-0.1, -0.05) is 19.4 Å². The fourth-order valence-corrected chi connectivity index (χ4v) is 2.20. The van der Waals surface area contributed by atoms with Gasteiger partial charge in [0.1, 0.15) is 5.60 Å². The number of carbonyl (C=O) groups is 1. The first-order valence-electron chi connectivity index (χ1n) is 7.94. The fourth-order valence-electron chi connectivity index (χ4n) is 2.20. The van der Waals surface area contributed by atoms with E-state index in [9.17, 15) is 4.79 Å². The van der Waals surface area contributed by atoms with Crippen LogP contribution in [0.4, 0.5) is 4.79 Å². The Labute approximate surface area is 133 Å². The Balaban J connectivity index is 2.50. The van der Waals surface area contributed by atoms with Crippen LogP contribution in [-0.4, -0.2) is 29.3 Å². The number of carbonyl (C=O) groups excluding carboxylic acids is 1. The first-order valence-corrected chi connectivity index (χ1v) is 7.94. The van der Waals surface area contributed by atoms with Crippen LogP contribution in [0.2, 0.25) is 0 Å². The Morgan fingerprint density at radius 3 is 2.68 bits per heavy atom. The summed E-state index contributed by atoms with van der Waals surface area (Å²) in [7, 11) is 0. The van der Waals surface area contributed by atoms with Crippen molar-refractivity contribution in [1.29, 1.82) is 0 Å². The standard InChI is InChI=1S/C17H29N3O2/c1-6-8-15(12-19-16(21)22-17(3,4)5)20-13(2)14-9-7-10-18-11-14/h7,9-11,13,15,20H,6,8,12H2,1-5H3,(H,19,21). The van der Waals surface area contributed by atoms with Crippen LogP contribution in [-0.2, 0) is 4.74 Å². The average Bonchev–Trinajstić information content (AvgIpc) is 2.44. The van der Waals surface area contributed by atoms with Crippen LogP contribution in [0.5, 0.6) is 0 Å². The van der Waals surface area contributed by atoms with E-state index in [-0.39, 0.29) is 18.2 Å². The molecule has 1 aromatic heterocycles. The zero-order chi connectivity index (χ0) is 16.6. The van der Waals surface area contributed by atoms with Gasteiger partial charge in [-0.3, -0.25) is 4.98 Å². The van der Waals surface area contributed by atoms with Gasteiger partial charge in [0.25, 0.3) is 0 Å². The van der Waals surface area contributed by atoms with Crippen LogP contribution < -0.4 is 10.6 Å². The highest BCUT2D eigenvalue weighted by Gasteiger charge is 2.18. The van der Waals surface area contributed by atoms with Gasteiger partial charge in [-0.25, -0.2) is 4.79 Å². The van der Waals surface area contributed by atoms with Crippen LogP contribution in [0.1, 0.15) is 59.1 Å². The van der Waals surface area contributed by atoms with Crippen molar-refractivity contribution in [3.8, 4) is 0 Å². The maximum absolute atomic E-state index is 11.8. The molecule has 0 aliphatic heterocycles. The van der Waals surface area contributed by atoms with Crippen molar-refractivity contribution in [2.45, 2.75) is 65.1 Å². The van der Waals surface area contributed by atoms with Gasteiger partial charge in [0.15, 0.2) is 0 Å². The van der Waals surface area contributed by atoms with Crippen molar-refractivity contribution in [2.24, 2.45) is 0 Å². The van der Waals surface area contributed by atoms with Crippen molar-refractivity contribution in [3.05, 3.63) is 30.1 Å². The lowest BCUT2D eigenvalue weighted by molar-refractivity contribution is 0.0521. The Hall–Kier alpha value is -1.62. The second-order valence-corrected chi connectivity index (χ2v) is 6.54. The minimum Gasteiger partial charge on any atom is -0.444 e. The van der Waals surface area contributed by atoms with Gasteiger partial charge in [-0.2, -0.15) is 0 Å². The summed E-state index contributed by atoms with van der Waals surface area (Å²) in [6, 6.07) is 4.37. The number of rotatable bonds is 7. The first-order chi connectivity index (χ1) is 10.3. The Kier molecular flexibility index (Phi) is 7.32. The number of aromatic nitrogens is 1. The van der Waals surface area contributed by atoms with Crippen molar-refractivity contribution in [3.63, 3.8) is 0 Å². The number of nitrogens with one attached hydrogen (secondary N) is 2. The third-order valence-electron chi connectivity index (χ3n) is 3.20. The highest BCUT2D eigenvalue weighted by molar-refractivity contribution is 5.67. The Morgan fingerprint density at radius 1 is 1.41 bits per heavy atom. The van der Waals surface area contributed by atoms with Gasteiger partial charge in [0, 0.05) is 31.0 Å². The van der Waals surface area contributed by atoms with Gasteiger partial charge in [0.2, 0.25) is 0 Å². The molecule has 5 heteroatoms. The Bertz CT molecular complexity index is 443. The number of nitrogens with zero attached hydrogens (tertiary/aromatic N) is 1. The summed E-state index contributed by atoms with van der Waals surface area (Å²) in [5.41, 5.74) is 0.668. The summed E-state index contributed by atoms with van der Waals surface area (Å²) >= 11 is 0. The number of amides is 1. The minimum atomic E-state index is -0.471. The minimum absolute atomic E-state index is 0.186. The molecule has 1 heterocycles. The summed E-state index contributed by atoms with van der Waals surface area (Å²) in [5, 5.41) is 6.38. The van der Waals surface area contributed by atoms with E-state index < -0.39 is 5.60 Å². The molecule has 0 aliphatic carbocycles. The maximum Gasteiger partial charge on any atom is 0.407 e. The number of pyridine rings is 1. The predicted molar refractivity (Wildman–Crippen MR) is 88.7 cm³/mol. The average molecular weight is 307 g/mol. The van der Waals surface area contributed by atoms with E-state index in [1.54, 1.807) is 6.20 Å². The third-order valence-corrected chi connectivity index (χ3v) is 3.20. The number of ether oxygens (including phenoxy) is 1. The molecule has 1 rings (SSSR count). The van der Waals surface area contributed by atoms with Crippen LogP contribution in [0, 0.1) is 0 Å². The molecule has 2 N–H and O–H groups in total. The number of hydrogen-bond acceptors (Lipinski definition) is 4. The molecule has 0 radical (unpaired) electrons. The highest BCUT2D eigenvalue weighted by atomic mass is 16.6. The van der Waals surface area contributed by atoms with E-state index >= 15 is 0 Å². The van der Waals surface area contributed by atoms with Gasteiger partial charge < -0.3 is 15.4 Å². The molecular formula is C17H29N3O2. The molecule has 2 atom stereocenters. The van der Waals surface area contributed by atoms with E-state index in [2.05, 4.69) is 35.5 Å². The summed E-state index contributed by atoms with van der Waals surface area (Å²) in [5.74, 6) is 0. The van der Waals surface area contributed by atoms with Crippen molar-refractivity contribution < 1.29 is 9.53 Å². The van der Waals surface area contributed by atoms with Gasteiger partial charge >= 0.3 is 6.09 Å². The first kappa shape index (κ1) is 18.4. The van der Waals surface area contributed by atoms with Crippen molar-refractivity contribution >= 4 is 6.09 Å². The second-order valence-electron chi connectivity index (χ2n) is 6.54. The molecule has 0 spiro atoms. The van der Waals surface area contributed by atoms with Crippen molar-refractivity contribution in [2.75, 3.05) is 6.54 Å². The molecular weight excluding hydrogens is 278 g/mol. The molecule has 2 unspecified atom stereocenters. The molecule has 0 bridgehead atoms. The SMILES string of the molecule is CCCC(CNC(=O)OC(C)(C)C)NC(C)c1cccnc1. The zero-order valence-corrected chi connectivity index (χ0v) is 14.3. The third kappa shape index (κ3) is 7.41. The van der Waals surface area contributed by atoms with E-state index in [0.717, 1.165) is 18.4 Å². The molecule has 1 amide bonds. The van der Waals surface area contributed by atoms with Crippen molar-refractivity contribution in [1.82, 2.24) is 15.6 Å². The molecule has 1 aromatic rings. The predicted octanol–water partition coefficient (Wildman–Crippen LogP) is 3.43. The molecule has 0 aliphatic rings. The lowest BCUT2D eigenvalue weighted by atomic mass is 10.1. The topological polar surface area (TPSA) is 63.2 Å². The smallest absolute Gasteiger partial charge is 0.407 e. The maximum atomic E-state index is 11.8. The Morgan fingerprint density at radius 2 is 2.14 bits per heavy atom. The van der Waals surface area contributed by atoms with E-state index in [1.165, 1.54) is 0 Å². The lowest BCUT2D eigenvalue weighted by Crippen LogP contribution is -2.43. The van der Waals surface area contributed by atoms with Gasteiger partial charge in [-0.05, 0) is 45.7 Å². The normalized spacial score (nSPS) is 14.2. The van der Waals surface area contributed by atoms with E-state index in [0.29, 0.717) is 6.54 Å². The van der Waals surface area contributed by atoms with Crippen LogP contribution in [0.3, 0.4) is 0 Å². The largest absolute Gasteiger partial charge is 0.444 e. The van der Waals surface area contributed by atoms with Crippen LogP contribution >= 0.6 is 0 Å². The summed E-state index contributed by atoms with van der Waals surface area (Å²) in [4.78, 5) is 15.9. The zero-order valence-electron chi connectivity index (χ0n) is 14.3. The monoisotopic (exact) mass is 307 g/mol. The summed E-state index contributed by atoms with van der Waals surface area (Å²) in [6.07, 6.45) is 5.30. The summed E-state index contributed by atoms with van der Waals surface area (Å²) in [6.45, 7) is 10.4. The molecule has 0 aromatic carbocycles. The number of alkyl carbamates (subject to hydrolysis) is 1. The molecule has 0 saturated heterocycles. The van der Waals surface area contributed by atoms with Gasteiger partial charge in [0.05, 0.1) is 0 Å². The molecule has 0 fully saturated rings.